The van der Waals surface area contributed by atoms with Gasteiger partial charge in [0.25, 0.3) is 0 Å². The van der Waals surface area contributed by atoms with Crippen molar-refractivity contribution < 1.29 is 4.74 Å². The predicted octanol–water partition coefficient (Wildman–Crippen LogP) is 4.83. The molecule has 28 heavy (non-hydrogen) atoms. The van der Waals surface area contributed by atoms with E-state index in [0.717, 1.165) is 36.7 Å². The summed E-state index contributed by atoms with van der Waals surface area (Å²) in [5.74, 6) is 1.56. The van der Waals surface area contributed by atoms with Crippen LogP contribution in [-0.4, -0.2) is 36.7 Å². The Morgan fingerprint density at radius 2 is 2.00 bits per heavy atom. The van der Waals surface area contributed by atoms with Gasteiger partial charge in [-0.05, 0) is 74.2 Å². The smallest absolute Gasteiger partial charge is 0.119 e. The molecule has 1 aliphatic carbocycles. The lowest BCUT2D eigenvalue weighted by atomic mass is 9.59. The van der Waals surface area contributed by atoms with Gasteiger partial charge in [-0.15, -0.1) is 0 Å². The predicted molar refractivity (Wildman–Crippen MR) is 116 cm³/mol. The largest absolute Gasteiger partial charge is 0.497 e. The standard InChI is InChI=1S/C24H27ClN2O/c1-26-10-9-24(16-5-4-6-19(11-16)28-3)14-23-21(12-17(24)15-26)20-8-7-18(25)13-22(20)27(23)2/h4-8,11,13,17H,9-10,12,14-15H2,1-3H3. The Labute approximate surface area is 171 Å². The highest BCUT2D eigenvalue weighted by Crippen LogP contribution is 2.50. The Kier molecular flexibility index (Phi) is 4.22. The highest BCUT2D eigenvalue weighted by atomic mass is 35.5. The van der Waals surface area contributed by atoms with Gasteiger partial charge in [0.1, 0.15) is 5.75 Å². The lowest BCUT2D eigenvalue weighted by Crippen LogP contribution is -2.53. The molecule has 0 saturated carbocycles. The number of piperidine rings is 1. The van der Waals surface area contributed by atoms with Gasteiger partial charge in [-0.3, -0.25) is 0 Å². The molecule has 3 nitrogen and oxygen atoms in total. The molecule has 2 aliphatic rings. The van der Waals surface area contributed by atoms with Gasteiger partial charge in [-0.1, -0.05) is 29.8 Å². The zero-order valence-electron chi connectivity index (χ0n) is 16.8. The van der Waals surface area contributed by atoms with Gasteiger partial charge < -0.3 is 14.2 Å². The number of hydrogen-bond donors (Lipinski definition) is 0. The molecule has 0 amide bonds. The number of ether oxygens (including phenoxy) is 1. The van der Waals surface area contributed by atoms with Crippen LogP contribution in [0.15, 0.2) is 42.5 Å². The molecule has 1 fully saturated rings. The van der Waals surface area contributed by atoms with E-state index >= 15 is 0 Å². The molecule has 5 rings (SSSR count). The quantitative estimate of drug-likeness (QED) is 0.619. The van der Waals surface area contributed by atoms with Crippen molar-refractivity contribution in [2.24, 2.45) is 13.0 Å². The fourth-order valence-electron chi connectivity index (χ4n) is 5.68. The number of fused-ring (bicyclic) bond motifs is 4. The Bertz CT molecular complexity index is 1060. The minimum Gasteiger partial charge on any atom is -0.497 e. The topological polar surface area (TPSA) is 17.4 Å². The van der Waals surface area contributed by atoms with Gasteiger partial charge >= 0.3 is 0 Å². The Balaban J connectivity index is 1.70. The molecule has 2 aromatic carbocycles. The molecule has 0 bridgehead atoms. The lowest BCUT2D eigenvalue weighted by Gasteiger charge is -2.50. The van der Waals surface area contributed by atoms with Crippen LogP contribution >= 0.6 is 11.6 Å². The molecule has 4 heteroatoms. The minimum atomic E-state index is 0.167. The molecule has 1 saturated heterocycles. The Morgan fingerprint density at radius 3 is 2.82 bits per heavy atom. The Morgan fingerprint density at radius 1 is 1.14 bits per heavy atom. The van der Waals surface area contributed by atoms with Crippen molar-refractivity contribution in [3.63, 3.8) is 0 Å². The fourth-order valence-corrected chi connectivity index (χ4v) is 5.85. The summed E-state index contributed by atoms with van der Waals surface area (Å²) in [4.78, 5) is 2.50. The zero-order chi connectivity index (χ0) is 19.5. The zero-order valence-corrected chi connectivity index (χ0v) is 17.6. The molecule has 0 radical (unpaired) electrons. The summed E-state index contributed by atoms with van der Waals surface area (Å²) in [5, 5.41) is 2.18. The van der Waals surface area contributed by atoms with Gasteiger partial charge in [-0.2, -0.15) is 0 Å². The van der Waals surface area contributed by atoms with Crippen LogP contribution in [0, 0.1) is 5.92 Å². The summed E-state index contributed by atoms with van der Waals surface area (Å²) in [5.41, 5.74) is 5.85. The van der Waals surface area contributed by atoms with Crippen LogP contribution in [0.3, 0.4) is 0 Å². The molecule has 1 aliphatic heterocycles. The second-order valence-corrected chi connectivity index (χ2v) is 9.06. The monoisotopic (exact) mass is 394 g/mol. The Hall–Kier alpha value is -1.97. The molecule has 2 heterocycles. The normalized spacial score (nSPS) is 24.8. The van der Waals surface area contributed by atoms with Crippen LogP contribution < -0.4 is 4.74 Å². The first-order valence-electron chi connectivity index (χ1n) is 10.1. The summed E-state index contributed by atoms with van der Waals surface area (Å²) >= 11 is 6.32. The highest BCUT2D eigenvalue weighted by molar-refractivity contribution is 6.31. The highest BCUT2D eigenvalue weighted by Gasteiger charge is 2.48. The van der Waals surface area contributed by atoms with Crippen LogP contribution in [0.5, 0.6) is 5.75 Å². The van der Waals surface area contributed by atoms with Crippen molar-refractivity contribution in [2.45, 2.75) is 24.7 Å². The van der Waals surface area contributed by atoms with E-state index in [1.165, 1.54) is 34.1 Å². The summed E-state index contributed by atoms with van der Waals surface area (Å²) in [7, 11) is 6.22. The number of methoxy groups -OCH3 is 1. The molecule has 3 aromatic rings. The molecular formula is C24H27ClN2O. The minimum absolute atomic E-state index is 0.167. The van der Waals surface area contributed by atoms with Crippen molar-refractivity contribution in [1.29, 1.82) is 0 Å². The molecule has 146 valence electrons. The first kappa shape index (κ1) is 18.1. The van der Waals surface area contributed by atoms with Gasteiger partial charge in [0.2, 0.25) is 0 Å². The van der Waals surface area contributed by atoms with E-state index < -0.39 is 0 Å². The molecule has 0 spiro atoms. The number of hydrogen-bond acceptors (Lipinski definition) is 2. The van der Waals surface area contributed by atoms with Crippen molar-refractivity contribution in [3.05, 3.63) is 64.3 Å². The van der Waals surface area contributed by atoms with Crippen LogP contribution in [-0.2, 0) is 25.3 Å². The number of aromatic nitrogens is 1. The van der Waals surface area contributed by atoms with Crippen LogP contribution in [0.25, 0.3) is 10.9 Å². The van der Waals surface area contributed by atoms with E-state index in [1.807, 2.05) is 6.07 Å². The summed E-state index contributed by atoms with van der Waals surface area (Å²) < 4.78 is 7.95. The first-order chi connectivity index (χ1) is 13.5. The van der Waals surface area contributed by atoms with Gasteiger partial charge in [0, 0.05) is 40.6 Å². The number of likely N-dealkylation sites (tertiary alicyclic amines) is 1. The maximum absolute atomic E-state index is 6.32. The van der Waals surface area contributed by atoms with E-state index in [9.17, 15) is 0 Å². The van der Waals surface area contributed by atoms with Gasteiger partial charge in [-0.25, -0.2) is 0 Å². The molecule has 1 aromatic heterocycles. The lowest BCUT2D eigenvalue weighted by molar-refractivity contribution is 0.0985. The van der Waals surface area contributed by atoms with Gasteiger partial charge in [0.05, 0.1) is 7.11 Å². The summed E-state index contributed by atoms with van der Waals surface area (Å²) in [6.45, 7) is 2.28. The average Bonchev–Trinajstić information content (AvgIpc) is 2.97. The van der Waals surface area contributed by atoms with Crippen LogP contribution in [0.1, 0.15) is 23.2 Å². The number of halogens is 1. The van der Waals surface area contributed by atoms with Crippen LogP contribution in [0.2, 0.25) is 5.02 Å². The summed E-state index contributed by atoms with van der Waals surface area (Å²) in [6, 6.07) is 15.1. The van der Waals surface area contributed by atoms with Crippen molar-refractivity contribution in [3.8, 4) is 5.75 Å². The van der Waals surface area contributed by atoms with Gasteiger partial charge in [0.15, 0.2) is 0 Å². The number of nitrogens with zero attached hydrogens (tertiary/aromatic N) is 2. The molecule has 0 N–H and O–H groups in total. The number of aryl methyl sites for hydroxylation is 1. The number of benzene rings is 2. The van der Waals surface area contributed by atoms with Crippen molar-refractivity contribution in [1.82, 2.24) is 9.47 Å². The summed E-state index contributed by atoms with van der Waals surface area (Å²) in [6.07, 6.45) is 3.38. The third kappa shape index (κ3) is 2.60. The molecule has 2 unspecified atom stereocenters. The van der Waals surface area contributed by atoms with Crippen molar-refractivity contribution >= 4 is 22.5 Å². The van der Waals surface area contributed by atoms with E-state index in [0.29, 0.717) is 5.92 Å². The third-order valence-electron chi connectivity index (χ3n) is 7.23. The van der Waals surface area contributed by atoms with Crippen molar-refractivity contribution in [2.75, 3.05) is 27.2 Å². The maximum atomic E-state index is 6.32. The van der Waals surface area contributed by atoms with E-state index in [2.05, 4.69) is 60.0 Å². The second kappa shape index (κ2) is 6.53. The fraction of sp³-hybridized carbons (Fsp3) is 0.417. The second-order valence-electron chi connectivity index (χ2n) is 8.62. The first-order valence-corrected chi connectivity index (χ1v) is 10.5. The average molecular weight is 395 g/mol. The van der Waals surface area contributed by atoms with E-state index in [-0.39, 0.29) is 5.41 Å². The van der Waals surface area contributed by atoms with E-state index in [1.54, 1.807) is 7.11 Å². The van der Waals surface area contributed by atoms with E-state index in [4.69, 9.17) is 16.3 Å². The molecule has 2 atom stereocenters. The number of rotatable bonds is 2. The molecular weight excluding hydrogens is 368 g/mol. The van der Waals surface area contributed by atoms with Crippen LogP contribution in [0.4, 0.5) is 0 Å². The SMILES string of the molecule is COc1cccc(C23CCN(C)CC2Cc2c(n(C)c4cc(Cl)ccc24)C3)c1. The third-order valence-corrected chi connectivity index (χ3v) is 7.47. The maximum Gasteiger partial charge on any atom is 0.119 e.